The van der Waals surface area contributed by atoms with Gasteiger partial charge in [-0.25, -0.2) is 0 Å². The highest BCUT2D eigenvalue weighted by Gasteiger charge is 2.03. The van der Waals surface area contributed by atoms with Gasteiger partial charge in [0.2, 0.25) is 0 Å². The second-order valence-corrected chi connectivity index (χ2v) is 5.47. The van der Waals surface area contributed by atoms with Crippen molar-refractivity contribution in [3.8, 4) is 5.75 Å². The summed E-state index contributed by atoms with van der Waals surface area (Å²) in [5.74, 6) is 0.895. The van der Waals surface area contributed by atoms with E-state index >= 15 is 0 Å². The molecule has 0 amide bonds. The Morgan fingerprint density at radius 2 is 2.00 bits per heavy atom. The fourth-order valence-electron chi connectivity index (χ4n) is 1.81. The molecular weight excluding hydrogens is 314 g/mol. The van der Waals surface area contributed by atoms with Crippen LogP contribution < -0.4 is 10.1 Å². The summed E-state index contributed by atoms with van der Waals surface area (Å²) in [6, 6.07) is 5.72. The normalized spacial score (nSPS) is 10.6. The van der Waals surface area contributed by atoms with Crippen molar-refractivity contribution in [1.82, 2.24) is 5.32 Å². The molecule has 1 N–H and O–H groups in total. The molecular formula is C14H21BrClNO. The standard InChI is InChI=1S/C14H21BrClNO/c1-18-14-7-6-13(16)10-12(14)11-17-9-5-3-2-4-8-15/h6-7,10,17H,2-5,8-9,11H2,1H3. The minimum atomic E-state index is 0.755. The summed E-state index contributed by atoms with van der Waals surface area (Å²) in [5.41, 5.74) is 1.12. The predicted molar refractivity (Wildman–Crippen MR) is 82.0 cm³/mol. The lowest BCUT2D eigenvalue weighted by atomic mass is 10.2. The van der Waals surface area contributed by atoms with Crippen molar-refractivity contribution < 1.29 is 4.74 Å². The SMILES string of the molecule is COc1ccc(Cl)cc1CNCCCCCCBr. The first kappa shape index (κ1) is 15.8. The number of hydrogen-bond acceptors (Lipinski definition) is 2. The van der Waals surface area contributed by atoms with E-state index in [2.05, 4.69) is 21.2 Å². The maximum atomic E-state index is 5.98. The Hall–Kier alpha value is -0.250. The zero-order chi connectivity index (χ0) is 13.2. The van der Waals surface area contributed by atoms with Crippen LogP contribution in [0.15, 0.2) is 18.2 Å². The number of alkyl halides is 1. The van der Waals surface area contributed by atoms with Gasteiger partial charge >= 0.3 is 0 Å². The summed E-state index contributed by atoms with van der Waals surface area (Å²) in [6.45, 7) is 1.85. The lowest BCUT2D eigenvalue weighted by molar-refractivity contribution is 0.407. The number of hydrogen-bond donors (Lipinski definition) is 1. The van der Waals surface area contributed by atoms with Gasteiger partial charge in [-0.05, 0) is 37.6 Å². The maximum absolute atomic E-state index is 5.98. The Kier molecular flexibility index (Phi) is 8.47. The van der Waals surface area contributed by atoms with Gasteiger partial charge < -0.3 is 10.1 Å². The summed E-state index contributed by atoms with van der Waals surface area (Å²) in [6.07, 6.45) is 5.07. The Balaban J connectivity index is 2.24. The highest BCUT2D eigenvalue weighted by Crippen LogP contribution is 2.22. The summed E-state index contributed by atoms with van der Waals surface area (Å²) in [5, 5.41) is 5.30. The number of rotatable bonds is 9. The molecule has 0 aromatic heterocycles. The van der Waals surface area contributed by atoms with E-state index in [9.17, 15) is 0 Å². The monoisotopic (exact) mass is 333 g/mol. The molecule has 1 rings (SSSR count). The molecule has 0 spiro atoms. The van der Waals surface area contributed by atoms with Crippen molar-refractivity contribution in [3.05, 3.63) is 28.8 Å². The molecule has 0 atom stereocenters. The second-order valence-electron chi connectivity index (χ2n) is 4.24. The van der Waals surface area contributed by atoms with E-state index in [1.807, 2.05) is 18.2 Å². The maximum Gasteiger partial charge on any atom is 0.123 e. The van der Waals surface area contributed by atoms with Crippen LogP contribution in [0, 0.1) is 0 Å². The van der Waals surface area contributed by atoms with Crippen LogP contribution in [0.25, 0.3) is 0 Å². The van der Waals surface area contributed by atoms with Crippen molar-refractivity contribution in [3.63, 3.8) is 0 Å². The molecule has 102 valence electrons. The first-order valence-corrected chi connectivity index (χ1v) is 7.87. The van der Waals surface area contributed by atoms with E-state index in [1.54, 1.807) is 7.11 Å². The molecule has 0 radical (unpaired) electrons. The third-order valence-corrected chi connectivity index (χ3v) is 3.59. The molecule has 18 heavy (non-hydrogen) atoms. The van der Waals surface area contributed by atoms with Crippen LogP contribution in [0.2, 0.25) is 5.02 Å². The second kappa shape index (κ2) is 9.65. The van der Waals surface area contributed by atoms with Crippen LogP contribution in [0.4, 0.5) is 0 Å². The Morgan fingerprint density at radius 3 is 2.72 bits per heavy atom. The van der Waals surface area contributed by atoms with Crippen LogP contribution in [0.5, 0.6) is 5.75 Å². The minimum absolute atomic E-state index is 0.755. The zero-order valence-electron chi connectivity index (χ0n) is 10.8. The molecule has 0 bridgehead atoms. The zero-order valence-corrected chi connectivity index (χ0v) is 13.2. The largest absolute Gasteiger partial charge is 0.496 e. The molecule has 0 aliphatic heterocycles. The summed E-state index contributed by atoms with van der Waals surface area (Å²) < 4.78 is 5.31. The van der Waals surface area contributed by atoms with Crippen molar-refractivity contribution in [1.29, 1.82) is 0 Å². The smallest absolute Gasteiger partial charge is 0.123 e. The first-order chi connectivity index (χ1) is 8.77. The third-order valence-electron chi connectivity index (χ3n) is 2.80. The number of halogens is 2. The number of benzene rings is 1. The first-order valence-electron chi connectivity index (χ1n) is 6.37. The quantitative estimate of drug-likeness (QED) is 0.534. The topological polar surface area (TPSA) is 21.3 Å². The van der Waals surface area contributed by atoms with Gasteiger partial charge in [0, 0.05) is 22.5 Å². The van der Waals surface area contributed by atoms with Crippen LogP contribution in [0.1, 0.15) is 31.2 Å². The molecule has 0 heterocycles. The average Bonchev–Trinajstić information content (AvgIpc) is 2.38. The van der Waals surface area contributed by atoms with Crippen LogP contribution in [-0.2, 0) is 6.54 Å². The number of methoxy groups -OCH3 is 1. The molecule has 0 aliphatic rings. The summed E-state index contributed by atoms with van der Waals surface area (Å²) >= 11 is 9.43. The Bertz CT molecular complexity index is 347. The highest BCUT2D eigenvalue weighted by atomic mass is 79.9. The lowest BCUT2D eigenvalue weighted by Crippen LogP contribution is -2.15. The molecule has 0 fully saturated rings. The molecule has 0 unspecified atom stereocenters. The number of ether oxygens (including phenoxy) is 1. The van der Waals surface area contributed by atoms with E-state index in [4.69, 9.17) is 16.3 Å². The van der Waals surface area contributed by atoms with E-state index < -0.39 is 0 Å². The third kappa shape index (κ3) is 6.07. The van der Waals surface area contributed by atoms with Gasteiger partial charge in [-0.2, -0.15) is 0 Å². The molecule has 0 saturated heterocycles. The van der Waals surface area contributed by atoms with Crippen LogP contribution in [0.3, 0.4) is 0 Å². The van der Waals surface area contributed by atoms with Gasteiger partial charge in [0.15, 0.2) is 0 Å². The molecule has 0 aliphatic carbocycles. The van der Waals surface area contributed by atoms with E-state index in [0.29, 0.717) is 0 Å². The summed E-state index contributed by atoms with van der Waals surface area (Å²) in [7, 11) is 1.69. The predicted octanol–water partition coefficient (Wildman–Crippen LogP) is 4.39. The van der Waals surface area contributed by atoms with Crippen molar-refractivity contribution in [2.24, 2.45) is 0 Å². The number of nitrogens with one attached hydrogen (secondary N) is 1. The van der Waals surface area contributed by atoms with Gasteiger partial charge in [0.25, 0.3) is 0 Å². The minimum Gasteiger partial charge on any atom is -0.496 e. The Morgan fingerprint density at radius 1 is 1.22 bits per heavy atom. The molecule has 1 aromatic carbocycles. The fraction of sp³-hybridized carbons (Fsp3) is 0.571. The molecule has 0 saturated carbocycles. The fourth-order valence-corrected chi connectivity index (χ4v) is 2.40. The molecule has 1 aromatic rings. The van der Waals surface area contributed by atoms with Gasteiger partial charge in [-0.1, -0.05) is 40.4 Å². The average molecular weight is 335 g/mol. The molecule has 2 nitrogen and oxygen atoms in total. The van der Waals surface area contributed by atoms with Crippen LogP contribution in [-0.4, -0.2) is 19.0 Å². The van der Waals surface area contributed by atoms with E-state index in [-0.39, 0.29) is 0 Å². The van der Waals surface area contributed by atoms with Crippen molar-refractivity contribution in [2.45, 2.75) is 32.2 Å². The van der Waals surface area contributed by atoms with Gasteiger partial charge in [-0.15, -0.1) is 0 Å². The summed E-state index contributed by atoms with van der Waals surface area (Å²) in [4.78, 5) is 0. The van der Waals surface area contributed by atoms with Crippen molar-refractivity contribution in [2.75, 3.05) is 19.0 Å². The van der Waals surface area contributed by atoms with E-state index in [0.717, 1.165) is 34.8 Å². The lowest BCUT2D eigenvalue weighted by Gasteiger charge is -2.10. The highest BCUT2D eigenvalue weighted by molar-refractivity contribution is 9.09. The van der Waals surface area contributed by atoms with Gasteiger partial charge in [0.05, 0.1) is 7.11 Å². The van der Waals surface area contributed by atoms with Crippen LogP contribution >= 0.6 is 27.5 Å². The van der Waals surface area contributed by atoms with E-state index in [1.165, 1.54) is 25.7 Å². The van der Waals surface area contributed by atoms with Gasteiger partial charge in [0.1, 0.15) is 5.75 Å². The Labute approximate surface area is 123 Å². The molecule has 4 heteroatoms. The van der Waals surface area contributed by atoms with Crippen molar-refractivity contribution >= 4 is 27.5 Å². The number of unbranched alkanes of at least 4 members (excludes halogenated alkanes) is 3. The van der Waals surface area contributed by atoms with Gasteiger partial charge in [-0.3, -0.25) is 0 Å².